The average Bonchev–Trinajstić information content (AvgIpc) is 3.40. The van der Waals surface area contributed by atoms with E-state index >= 15 is 0 Å². The molecule has 0 spiro atoms. The van der Waals surface area contributed by atoms with Gasteiger partial charge in [0.2, 0.25) is 21.7 Å². The summed E-state index contributed by atoms with van der Waals surface area (Å²) in [6, 6.07) is 36.8. The van der Waals surface area contributed by atoms with E-state index in [1.54, 1.807) is 24.3 Å². The average molecular weight is 819 g/mol. The van der Waals surface area contributed by atoms with Gasteiger partial charge in [-0.1, -0.05) is 109 Å². The molecule has 1 aliphatic rings. The van der Waals surface area contributed by atoms with Crippen LogP contribution in [0.2, 0.25) is 0 Å². The second kappa shape index (κ2) is 15.2. The van der Waals surface area contributed by atoms with Crippen LogP contribution in [0.4, 0.5) is 11.4 Å². The number of benzene rings is 6. The predicted octanol–water partition coefficient (Wildman–Crippen LogP) is 7.63. The minimum Gasteiger partial charge on any atom is -0.321 e. The summed E-state index contributed by atoms with van der Waals surface area (Å²) in [7, 11) is -14.8. The fourth-order valence-corrected chi connectivity index (χ4v) is 9.26. The molecule has 1 aliphatic heterocycles. The minimum absolute atomic E-state index is 0.341. The fraction of sp³-hybridized carbons (Fsp3) is 0. The molecule has 12 nitrogen and oxygen atoms in total. The van der Waals surface area contributed by atoms with E-state index in [0.29, 0.717) is 11.1 Å². The molecule has 0 unspecified atom stereocenters. The van der Waals surface area contributed by atoms with Gasteiger partial charge in [0.05, 0.1) is 21.2 Å². The smallest absolute Gasteiger partial charge is 0.296 e. The van der Waals surface area contributed by atoms with Crippen molar-refractivity contribution in [2.45, 2.75) is 19.6 Å². The minimum atomic E-state index is -5.11. The van der Waals surface area contributed by atoms with Gasteiger partial charge in [0, 0.05) is 23.3 Å². The lowest BCUT2D eigenvalue weighted by molar-refractivity contribution is -0.112. The number of hydrogen-bond acceptors (Lipinski definition) is 8. The number of nitrogens with one attached hydrogen (secondary N) is 2. The van der Waals surface area contributed by atoms with Crippen molar-refractivity contribution in [3.8, 4) is 33.4 Å². The summed E-state index contributed by atoms with van der Waals surface area (Å²) in [4.78, 5) is 23.1. The van der Waals surface area contributed by atoms with Crippen LogP contribution < -0.4 is 10.6 Å². The van der Waals surface area contributed by atoms with Gasteiger partial charge in [-0.05, 0) is 69.8 Å². The Labute approximate surface area is 328 Å². The van der Waals surface area contributed by atoms with E-state index in [4.69, 9.17) is 0 Å². The second-order valence-corrected chi connectivity index (χ2v) is 17.4. The van der Waals surface area contributed by atoms with E-state index in [9.17, 15) is 43.9 Å². The van der Waals surface area contributed by atoms with Gasteiger partial charge in [-0.3, -0.25) is 18.7 Å². The highest BCUT2D eigenvalue weighted by atomic mass is 32.2. The summed E-state index contributed by atoms with van der Waals surface area (Å²) in [5.41, 5.74) is 3.26. The van der Waals surface area contributed by atoms with Crippen LogP contribution in [0.25, 0.3) is 45.5 Å². The lowest BCUT2D eigenvalue weighted by Crippen LogP contribution is -2.13. The van der Waals surface area contributed by atoms with Crippen molar-refractivity contribution in [1.29, 1.82) is 0 Å². The monoisotopic (exact) mass is 818 g/mol. The first kappa shape index (κ1) is 38.8. The van der Waals surface area contributed by atoms with Crippen LogP contribution in [0.5, 0.6) is 0 Å². The zero-order valence-electron chi connectivity index (χ0n) is 29.4. The first-order chi connectivity index (χ1) is 27.1. The first-order valence-electron chi connectivity index (χ1n) is 16.9. The SMILES string of the molecule is O=C(C=Cc1ccc(-c2ccccc2)cc1)Nc1cc2c(cc1S(=O)(=O)O)-c1cc(S(=O)(=O)O)c(NC(=O)C=Cc3ccc(-c4ccccc4)cc3)cc1S2(=O)=O. The molecule has 1 heterocycles. The number of anilines is 2. The van der Waals surface area contributed by atoms with Crippen molar-refractivity contribution in [2.24, 2.45) is 0 Å². The van der Waals surface area contributed by atoms with E-state index in [1.165, 1.54) is 12.2 Å². The Bertz CT molecular complexity index is 2770. The second-order valence-electron chi connectivity index (χ2n) is 12.8. The molecular formula is C42H30N2O10S3. The third-order valence-corrected chi connectivity index (χ3v) is 12.6. The summed E-state index contributed by atoms with van der Waals surface area (Å²) < 4.78 is 98.1. The molecule has 286 valence electrons. The Morgan fingerprint density at radius 1 is 0.491 bits per heavy atom. The molecule has 0 atom stereocenters. The van der Waals surface area contributed by atoms with Crippen LogP contribution in [0, 0.1) is 0 Å². The van der Waals surface area contributed by atoms with Gasteiger partial charge in [-0.2, -0.15) is 16.8 Å². The summed E-state index contributed by atoms with van der Waals surface area (Å²) in [6.45, 7) is 0. The Morgan fingerprint density at radius 3 is 1.16 bits per heavy atom. The Balaban J connectivity index is 1.16. The van der Waals surface area contributed by atoms with E-state index in [0.717, 1.165) is 58.7 Å². The summed E-state index contributed by atoms with van der Waals surface area (Å²) >= 11 is 0. The summed E-state index contributed by atoms with van der Waals surface area (Å²) in [5.74, 6) is -1.72. The maximum absolute atomic E-state index is 13.9. The van der Waals surface area contributed by atoms with Crippen molar-refractivity contribution in [1.82, 2.24) is 0 Å². The molecule has 0 saturated heterocycles. The Hall–Kier alpha value is -6.49. The normalized spacial score (nSPS) is 13.3. The number of carbonyl (C=O) groups is 2. The highest BCUT2D eigenvalue weighted by Gasteiger charge is 2.38. The lowest BCUT2D eigenvalue weighted by Gasteiger charge is -2.12. The Kier molecular flexibility index (Phi) is 10.3. The van der Waals surface area contributed by atoms with Gasteiger partial charge in [0.15, 0.2) is 0 Å². The summed E-state index contributed by atoms with van der Waals surface area (Å²) in [5, 5.41) is 4.60. The largest absolute Gasteiger partial charge is 0.321 e. The molecule has 0 aliphatic carbocycles. The van der Waals surface area contributed by atoms with Crippen LogP contribution in [0.15, 0.2) is 165 Å². The molecule has 2 amide bonds. The highest BCUT2D eigenvalue weighted by molar-refractivity contribution is 7.92. The number of carbonyl (C=O) groups excluding carboxylic acids is 2. The fourth-order valence-electron chi connectivity index (χ4n) is 6.25. The maximum Gasteiger partial charge on any atom is 0.296 e. The Morgan fingerprint density at radius 2 is 0.825 bits per heavy atom. The third kappa shape index (κ3) is 8.38. The van der Waals surface area contributed by atoms with Gasteiger partial charge in [-0.25, -0.2) is 8.42 Å². The van der Waals surface area contributed by atoms with Crippen LogP contribution in [-0.4, -0.2) is 46.2 Å². The van der Waals surface area contributed by atoms with E-state index in [-0.39, 0.29) is 11.1 Å². The molecule has 4 N–H and O–H groups in total. The highest BCUT2D eigenvalue weighted by Crippen LogP contribution is 2.48. The molecule has 0 bridgehead atoms. The standard InChI is InChI=1S/C42H30N2O10S3/c45-41(21-15-27-11-17-31(18-12-27)29-7-3-1-4-8-29)43-35-25-37-33(23-39(35)56(49,50)51)34-24-40(57(52,53)54)36(26-38(34)55(37,47)48)44-42(46)22-16-28-13-19-32(20-14-28)30-9-5-2-6-10-30/h1-26H,(H,43,45)(H,44,46)(H,49,50,51)(H,52,53,54). The zero-order valence-corrected chi connectivity index (χ0v) is 31.8. The topological polar surface area (TPSA) is 201 Å². The molecule has 6 aromatic carbocycles. The number of rotatable bonds is 10. The summed E-state index contributed by atoms with van der Waals surface area (Å²) in [6.07, 6.45) is 5.06. The number of amides is 2. The third-order valence-electron chi connectivity index (χ3n) is 8.99. The van der Waals surface area contributed by atoms with Gasteiger partial charge in [0.25, 0.3) is 20.2 Å². The number of sulfone groups is 1. The molecule has 15 heteroatoms. The first-order valence-corrected chi connectivity index (χ1v) is 21.3. The quantitative estimate of drug-likeness (QED) is 0.0786. The molecule has 57 heavy (non-hydrogen) atoms. The lowest BCUT2D eigenvalue weighted by atomic mass is 10.0. The van der Waals surface area contributed by atoms with Crippen LogP contribution in [-0.2, 0) is 39.7 Å². The molecule has 0 fully saturated rings. The molecule has 0 radical (unpaired) electrons. The van der Waals surface area contributed by atoms with E-state index < -0.39 is 72.8 Å². The van der Waals surface area contributed by atoms with E-state index in [2.05, 4.69) is 10.6 Å². The van der Waals surface area contributed by atoms with Crippen molar-refractivity contribution in [3.05, 3.63) is 157 Å². The van der Waals surface area contributed by atoms with Gasteiger partial charge in [-0.15, -0.1) is 0 Å². The van der Waals surface area contributed by atoms with Gasteiger partial charge in [0.1, 0.15) is 9.79 Å². The van der Waals surface area contributed by atoms with Gasteiger partial charge < -0.3 is 10.6 Å². The van der Waals surface area contributed by atoms with Crippen LogP contribution >= 0.6 is 0 Å². The van der Waals surface area contributed by atoms with E-state index in [1.807, 2.05) is 84.9 Å². The number of fused-ring (bicyclic) bond motifs is 3. The van der Waals surface area contributed by atoms with Crippen molar-refractivity contribution < 1.29 is 43.9 Å². The molecule has 7 rings (SSSR count). The zero-order chi connectivity index (χ0) is 40.5. The molecule has 0 aromatic heterocycles. The van der Waals surface area contributed by atoms with Crippen molar-refractivity contribution in [2.75, 3.05) is 10.6 Å². The molecular weight excluding hydrogens is 789 g/mol. The maximum atomic E-state index is 13.9. The van der Waals surface area contributed by atoms with Gasteiger partial charge >= 0.3 is 0 Å². The van der Waals surface area contributed by atoms with Crippen molar-refractivity contribution >= 4 is 65.4 Å². The predicted molar refractivity (Wildman–Crippen MR) is 216 cm³/mol. The van der Waals surface area contributed by atoms with Crippen LogP contribution in [0.3, 0.4) is 0 Å². The molecule has 6 aromatic rings. The number of hydrogen-bond donors (Lipinski definition) is 4. The molecule has 0 saturated carbocycles. The van der Waals surface area contributed by atoms with Crippen molar-refractivity contribution in [3.63, 3.8) is 0 Å². The van der Waals surface area contributed by atoms with Crippen LogP contribution in [0.1, 0.15) is 11.1 Å².